The Hall–Kier alpha value is -2.70. The number of rotatable bonds is 3. The molecule has 1 amide bonds. The van der Waals surface area contributed by atoms with Crippen LogP contribution in [0.25, 0.3) is 0 Å². The molecule has 2 aromatic heterocycles. The number of carbonyl (C=O) groups is 2. The first-order valence-electron chi connectivity index (χ1n) is 5.48. The number of nitrogens with zero attached hydrogens (tertiary/aromatic N) is 3. The summed E-state index contributed by atoms with van der Waals surface area (Å²) in [5, 5.41) is 15.6. The van der Waals surface area contributed by atoms with E-state index in [2.05, 4.69) is 15.4 Å². The molecule has 0 unspecified atom stereocenters. The third-order valence-electron chi connectivity index (χ3n) is 2.50. The van der Waals surface area contributed by atoms with Gasteiger partial charge in [-0.3, -0.25) is 9.48 Å². The van der Waals surface area contributed by atoms with Crippen LogP contribution < -0.4 is 5.32 Å². The van der Waals surface area contributed by atoms with Crippen LogP contribution in [0.5, 0.6) is 0 Å². The highest BCUT2D eigenvalue weighted by Crippen LogP contribution is 2.13. The summed E-state index contributed by atoms with van der Waals surface area (Å²) in [6.07, 6.45) is 2.96. The zero-order chi connectivity index (χ0) is 14.0. The number of carboxylic acids is 1. The lowest BCUT2D eigenvalue weighted by Crippen LogP contribution is -2.13. The minimum absolute atomic E-state index is 0.171. The van der Waals surface area contributed by atoms with Crippen LogP contribution in [0.3, 0.4) is 0 Å². The van der Waals surface area contributed by atoms with Crippen LogP contribution in [0.1, 0.15) is 26.5 Å². The van der Waals surface area contributed by atoms with Crippen molar-refractivity contribution in [2.75, 3.05) is 5.32 Å². The Balaban J connectivity index is 2.23. The van der Waals surface area contributed by atoms with Gasteiger partial charge in [0.05, 0.1) is 11.4 Å². The molecule has 0 fully saturated rings. The van der Waals surface area contributed by atoms with E-state index in [1.807, 2.05) is 0 Å². The summed E-state index contributed by atoms with van der Waals surface area (Å²) in [6, 6.07) is 2.68. The van der Waals surface area contributed by atoms with E-state index in [-0.39, 0.29) is 11.3 Å². The van der Waals surface area contributed by atoms with Gasteiger partial charge in [0.25, 0.3) is 5.91 Å². The van der Waals surface area contributed by atoms with Crippen LogP contribution in [-0.2, 0) is 7.05 Å². The zero-order valence-corrected chi connectivity index (χ0v) is 10.4. The number of anilines is 1. The lowest BCUT2D eigenvalue weighted by atomic mass is 10.2. The third kappa shape index (κ3) is 2.76. The Morgan fingerprint density at radius 1 is 1.42 bits per heavy atom. The quantitative estimate of drug-likeness (QED) is 0.860. The Labute approximate surface area is 108 Å². The van der Waals surface area contributed by atoms with Crippen molar-refractivity contribution in [2.24, 2.45) is 7.05 Å². The molecule has 0 atom stereocenters. The fourth-order valence-corrected chi connectivity index (χ4v) is 1.61. The molecular weight excluding hydrogens is 248 g/mol. The van der Waals surface area contributed by atoms with Gasteiger partial charge < -0.3 is 10.4 Å². The normalized spacial score (nSPS) is 10.2. The largest absolute Gasteiger partial charge is 0.477 e. The van der Waals surface area contributed by atoms with Crippen LogP contribution in [0.2, 0.25) is 0 Å². The molecule has 2 heterocycles. The number of pyridine rings is 1. The van der Waals surface area contributed by atoms with Crippen molar-refractivity contribution in [2.45, 2.75) is 6.92 Å². The topological polar surface area (TPSA) is 97.1 Å². The van der Waals surface area contributed by atoms with Crippen LogP contribution in [0, 0.1) is 6.92 Å². The molecule has 7 heteroatoms. The molecule has 19 heavy (non-hydrogen) atoms. The predicted molar refractivity (Wildman–Crippen MR) is 67.1 cm³/mol. The van der Waals surface area contributed by atoms with Gasteiger partial charge in [0.1, 0.15) is 5.69 Å². The fraction of sp³-hybridized carbons (Fsp3) is 0.167. The summed E-state index contributed by atoms with van der Waals surface area (Å²) in [6.45, 7) is 1.77. The zero-order valence-electron chi connectivity index (χ0n) is 10.4. The first kappa shape index (κ1) is 12.7. The van der Waals surface area contributed by atoms with Crippen LogP contribution >= 0.6 is 0 Å². The molecule has 0 aliphatic carbocycles. The van der Waals surface area contributed by atoms with Gasteiger partial charge in [0.15, 0.2) is 0 Å². The first-order valence-corrected chi connectivity index (χ1v) is 5.48. The maximum Gasteiger partial charge on any atom is 0.354 e. The number of aromatic carboxylic acids is 1. The molecule has 0 saturated heterocycles. The van der Waals surface area contributed by atoms with Gasteiger partial charge in [-0.2, -0.15) is 5.10 Å². The van der Waals surface area contributed by atoms with E-state index < -0.39 is 11.9 Å². The molecule has 0 aliphatic heterocycles. The number of carbonyl (C=O) groups excluding carboxylic acids is 1. The lowest BCUT2D eigenvalue weighted by Gasteiger charge is -2.04. The SMILES string of the molecule is Cc1nn(C)cc1NC(=O)c1ccnc(C(=O)O)c1. The summed E-state index contributed by atoms with van der Waals surface area (Å²) in [5.41, 5.74) is 1.33. The molecule has 2 aromatic rings. The van der Waals surface area contributed by atoms with E-state index in [0.29, 0.717) is 11.4 Å². The highest BCUT2D eigenvalue weighted by molar-refractivity contribution is 6.05. The summed E-state index contributed by atoms with van der Waals surface area (Å²) < 4.78 is 1.58. The molecule has 7 nitrogen and oxygen atoms in total. The summed E-state index contributed by atoms with van der Waals surface area (Å²) in [7, 11) is 1.75. The molecule has 2 rings (SSSR count). The number of aryl methyl sites for hydroxylation is 2. The average molecular weight is 260 g/mol. The van der Waals surface area contributed by atoms with Crippen LogP contribution in [0.4, 0.5) is 5.69 Å². The van der Waals surface area contributed by atoms with E-state index in [1.54, 1.807) is 24.9 Å². The van der Waals surface area contributed by atoms with Crippen molar-refractivity contribution in [3.05, 3.63) is 41.5 Å². The Kier molecular flexibility index (Phi) is 3.28. The maximum atomic E-state index is 12.0. The van der Waals surface area contributed by atoms with Crippen molar-refractivity contribution >= 4 is 17.6 Å². The molecule has 0 saturated carbocycles. The van der Waals surface area contributed by atoms with Crippen molar-refractivity contribution in [3.8, 4) is 0 Å². The molecule has 98 valence electrons. The van der Waals surface area contributed by atoms with Crippen molar-refractivity contribution in [1.82, 2.24) is 14.8 Å². The average Bonchev–Trinajstić information content (AvgIpc) is 2.68. The Morgan fingerprint density at radius 2 is 2.16 bits per heavy atom. The van der Waals surface area contributed by atoms with Gasteiger partial charge in [-0.05, 0) is 19.1 Å². The second kappa shape index (κ2) is 4.89. The Morgan fingerprint density at radius 3 is 2.74 bits per heavy atom. The minimum Gasteiger partial charge on any atom is -0.477 e. The summed E-state index contributed by atoms with van der Waals surface area (Å²) in [4.78, 5) is 26.4. The highest BCUT2D eigenvalue weighted by atomic mass is 16.4. The molecular formula is C12H12N4O3. The number of hydrogen-bond donors (Lipinski definition) is 2. The second-order valence-electron chi connectivity index (χ2n) is 3.99. The van der Waals surface area contributed by atoms with Crippen LogP contribution in [0.15, 0.2) is 24.5 Å². The summed E-state index contributed by atoms with van der Waals surface area (Å²) in [5.74, 6) is -1.58. The third-order valence-corrected chi connectivity index (χ3v) is 2.50. The van der Waals surface area contributed by atoms with E-state index >= 15 is 0 Å². The van der Waals surface area contributed by atoms with Crippen molar-refractivity contribution in [1.29, 1.82) is 0 Å². The predicted octanol–water partition coefficient (Wildman–Crippen LogP) is 1.07. The fourth-order valence-electron chi connectivity index (χ4n) is 1.61. The molecule has 2 N–H and O–H groups in total. The molecule has 0 spiro atoms. The minimum atomic E-state index is -1.17. The number of amides is 1. The van der Waals surface area contributed by atoms with E-state index in [4.69, 9.17) is 5.11 Å². The monoisotopic (exact) mass is 260 g/mol. The highest BCUT2D eigenvalue weighted by Gasteiger charge is 2.12. The van der Waals surface area contributed by atoms with Gasteiger partial charge in [-0.25, -0.2) is 9.78 Å². The van der Waals surface area contributed by atoms with Crippen molar-refractivity contribution < 1.29 is 14.7 Å². The second-order valence-corrected chi connectivity index (χ2v) is 3.99. The van der Waals surface area contributed by atoms with E-state index in [9.17, 15) is 9.59 Å². The van der Waals surface area contributed by atoms with E-state index in [0.717, 1.165) is 0 Å². The van der Waals surface area contributed by atoms with E-state index in [1.165, 1.54) is 18.3 Å². The lowest BCUT2D eigenvalue weighted by molar-refractivity contribution is 0.0690. The molecule has 0 aromatic carbocycles. The van der Waals surface area contributed by atoms with Gasteiger partial charge >= 0.3 is 5.97 Å². The molecule has 0 bridgehead atoms. The molecule has 0 aliphatic rings. The molecule has 0 radical (unpaired) electrons. The standard InChI is InChI=1S/C12H12N4O3/c1-7-10(6-16(2)15-7)14-11(17)8-3-4-13-9(5-8)12(18)19/h3-6H,1-2H3,(H,14,17)(H,18,19). The van der Waals surface area contributed by atoms with Gasteiger partial charge in [0, 0.05) is 25.0 Å². The summed E-state index contributed by atoms with van der Waals surface area (Å²) >= 11 is 0. The van der Waals surface area contributed by atoms with Gasteiger partial charge in [-0.1, -0.05) is 0 Å². The maximum absolute atomic E-state index is 12.0. The van der Waals surface area contributed by atoms with Gasteiger partial charge in [-0.15, -0.1) is 0 Å². The first-order chi connectivity index (χ1) is 8.97. The number of carboxylic acid groups (broad SMARTS) is 1. The number of nitrogens with one attached hydrogen (secondary N) is 1. The van der Waals surface area contributed by atoms with Crippen LogP contribution in [-0.4, -0.2) is 31.7 Å². The number of aromatic nitrogens is 3. The van der Waals surface area contributed by atoms with Crippen molar-refractivity contribution in [3.63, 3.8) is 0 Å². The smallest absolute Gasteiger partial charge is 0.354 e. The Bertz CT molecular complexity index is 648. The van der Waals surface area contributed by atoms with Gasteiger partial charge in [0.2, 0.25) is 0 Å². The number of hydrogen-bond acceptors (Lipinski definition) is 4.